The molecule has 0 saturated heterocycles. The minimum absolute atomic E-state index is 0.251. The van der Waals surface area contributed by atoms with E-state index in [-0.39, 0.29) is 5.75 Å². The van der Waals surface area contributed by atoms with Gasteiger partial charge in [0, 0.05) is 11.6 Å². The Balaban J connectivity index is 2.30. The van der Waals surface area contributed by atoms with E-state index in [0.29, 0.717) is 5.02 Å². The lowest BCUT2D eigenvalue weighted by molar-refractivity contribution is 0.476. The second kappa shape index (κ2) is 4.84. The Morgan fingerprint density at radius 1 is 1.20 bits per heavy atom. The normalized spacial score (nSPS) is 11.2. The highest BCUT2D eigenvalue weighted by molar-refractivity contribution is 6.31. The monoisotopic (exact) mass is 286 g/mol. The number of nitrogens with zero attached hydrogens (tertiary/aromatic N) is 2. The number of aromatic hydroxyl groups is 1. The van der Waals surface area contributed by atoms with E-state index in [0.717, 1.165) is 34.5 Å². The zero-order chi connectivity index (χ0) is 14.3. The van der Waals surface area contributed by atoms with Crippen molar-refractivity contribution in [1.29, 1.82) is 0 Å². The van der Waals surface area contributed by atoms with Crippen LogP contribution in [0.15, 0.2) is 36.4 Å². The van der Waals surface area contributed by atoms with Crippen molar-refractivity contribution in [1.82, 2.24) is 9.55 Å². The van der Waals surface area contributed by atoms with Gasteiger partial charge in [0.25, 0.3) is 0 Å². The third-order valence-corrected chi connectivity index (χ3v) is 3.66. The number of halogens is 1. The lowest BCUT2D eigenvalue weighted by Gasteiger charge is -2.08. The molecule has 0 radical (unpaired) electrons. The Morgan fingerprint density at radius 3 is 2.70 bits per heavy atom. The predicted octanol–water partition coefficient (Wildman–Crippen LogP) is 4.39. The van der Waals surface area contributed by atoms with Gasteiger partial charge >= 0.3 is 0 Å². The van der Waals surface area contributed by atoms with Crippen LogP contribution in [0, 0.1) is 6.92 Å². The van der Waals surface area contributed by atoms with Crippen LogP contribution in [-0.4, -0.2) is 14.7 Å². The summed E-state index contributed by atoms with van der Waals surface area (Å²) in [4.78, 5) is 4.62. The number of hydrogen-bond donors (Lipinski definition) is 1. The molecule has 0 atom stereocenters. The summed E-state index contributed by atoms with van der Waals surface area (Å²) >= 11 is 6.02. The summed E-state index contributed by atoms with van der Waals surface area (Å²) in [6.07, 6.45) is 0. The number of aryl methyl sites for hydroxylation is 2. The van der Waals surface area contributed by atoms with Crippen LogP contribution >= 0.6 is 11.6 Å². The molecule has 0 aliphatic carbocycles. The molecule has 1 N–H and O–H groups in total. The first-order valence-electron chi connectivity index (χ1n) is 6.56. The van der Waals surface area contributed by atoms with Gasteiger partial charge in [0.2, 0.25) is 0 Å². The third-order valence-electron chi connectivity index (χ3n) is 3.42. The van der Waals surface area contributed by atoms with Gasteiger partial charge in [0.15, 0.2) is 0 Å². The number of imidazole rings is 1. The second-order valence-electron chi connectivity index (χ2n) is 4.83. The summed E-state index contributed by atoms with van der Waals surface area (Å²) in [6, 6.07) is 11.3. The van der Waals surface area contributed by atoms with Crippen LogP contribution in [0.3, 0.4) is 0 Å². The SMILES string of the molecule is CCn1c(-c2ccc(C)cc2O)nc2cc(Cl)ccc21. The molecule has 3 aromatic rings. The van der Waals surface area contributed by atoms with E-state index >= 15 is 0 Å². The van der Waals surface area contributed by atoms with Crippen molar-refractivity contribution in [2.45, 2.75) is 20.4 Å². The Kier molecular flexibility index (Phi) is 3.14. The Hall–Kier alpha value is -2.00. The first kappa shape index (κ1) is 13.0. The molecule has 1 aromatic heterocycles. The molecular weight excluding hydrogens is 272 g/mol. The van der Waals surface area contributed by atoms with Crippen LogP contribution in [0.25, 0.3) is 22.4 Å². The molecule has 0 aliphatic rings. The number of phenolic OH excluding ortho intramolecular Hbond substituents is 1. The van der Waals surface area contributed by atoms with Crippen molar-refractivity contribution < 1.29 is 5.11 Å². The quantitative estimate of drug-likeness (QED) is 0.759. The summed E-state index contributed by atoms with van der Waals surface area (Å²) in [6.45, 7) is 4.79. The van der Waals surface area contributed by atoms with Crippen molar-refractivity contribution in [3.8, 4) is 17.1 Å². The Morgan fingerprint density at radius 2 is 2.00 bits per heavy atom. The van der Waals surface area contributed by atoms with Crippen LogP contribution in [0.2, 0.25) is 5.02 Å². The number of benzene rings is 2. The summed E-state index contributed by atoms with van der Waals surface area (Å²) in [5.41, 5.74) is 3.62. The van der Waals surface area contributed by atoms with Gasteiger partial charge in [-0.3, -0.25) is 0 Å². The Labute approximate surface area is 122 Å². The highest BCUT2D eigenvalue weighted by Crippen LogP contribution is 2.32. The molecular formula is C16H15ClN2O. The zero-order valence-corrected chi connectivity index (χ0v) is 12.1. The van der Waals surface area contributed by atoms with E-state index < -0.39 is 0 Å². The van der Waals surface area contributed by atoms with Gasteiger partial charge in [-0.05, 0) is 49.7 Å². The maximum absolute atomic E-state index is 10.2. The topological polar surface area (TPSA) is 38.0 Å². The number of hydrogen-bond acceptors (Lipinski definition) is 2. The van der Waals surface area contributed by atoms with Crippen molar-refractivity contribution in [2.24, 2.45) is 0 Å². The largest absolute Gasteiger partial charge is 0.507 e. The number of aromatic nitrogens is 2. The second-order valence-corrected chi connectivity index (χ2v) is 5.27. The lowest BCUT2D eigenvalue weighted by Crippen LogP contribution is -1.97. The zero-order valence-electron chi connectivity index (χ0n) is 11.4. The molecule has 4 heteroatoms. The number of phenols is 1. The third kappa shape index (κ3) is 2.04. The Bertz CT molecular complexity index is 793. The fourth-order valence-electron chi connectivity index (χ4n) is 2.46. The van der Waals surface area contributed by atoms with Crippen LogP contribution < -0.4 is 0 Å². The first-order valence-corrected chi connectivity index (χ1v) is 6.93. The van der Waals surface area contributed by atoms with Gasteiger partial charge in [-0.1, -0.05) is 17.7 Å². The van der Waals surface area contributed by atoms with Crippen LogP contribution in [0.5, 0.6) is 5.75 Å². The van der Waals surface area contributed by atoms with Crippen LogP contribution in [0.4, 0.5) is 0 Å². The van der Waals surface area contributed by atoms with Crippen molar-refractivity contribution >= 4 is 22.6 Å². The molecule has 0 spiro atoms. The van der Waals surface area contributed by atoms with Crippen molar-refractivity contribution in [3.05, 3.63) is 47.0 Å². The molecule has 20 heavy (non-hydrogen) atoms. The van der Waals surface area contributed by atoms with Gasteiger partial charge in [0.05, 0.1) is 16.6 Å². The first-order chi connectivity index (χ1) is 9.60. The van der Waals surface area contributed by atoms with Gasteiger partial charge in [0.1, 0.15) is 11.6 Å². The smallest absolute Gasteiger partial charge is 0.144 e. The number of fused-ring (bicyclic) bond motifs is 1. The molecule has 0 fully saturated rings. The molecule has 3 rings (SSSR count). The highest BCUT2D eigenvalue weighted by Gasteiger charge is 2.14. The van der Waals surface area contributed by atoms with Crippen LogP contribution in [0.1, 0.15) is 12.5 Å². The molecule has 3 nitrogen and oxygen atoms in total. The van der Waals surface area contributed by atoms with E-state index in [9.17, 15) is 5.11 Å². The maximum atomic E-state index is 10.2. The minimum atomic E-state index is 0.251. The number of rotatable bonds is 2. The standard InChI is InChI=1S/C16H15ClN2O/c1-3-19-14-7-5-11(17)9-13(14)18-16(19)12-6-4-10(2)8-15(12)20/h4-9,20H,3H2,1-2H3. The minimum Gasteiger partial charge on any atom is -0.507 e. The fourth-order valence-corrected chi connectivity index (χ4v) is 2.63. The van der Waals surface area contributed by atoms with E-state index in [4.69, 9.17) is 11.6 Å². The predicted molar refractivity (Wildman–Crippen MR) is 82.3 cm³/mol. The van der Waals surface area contributed by atoms with Gasteiger partial charge < -0.3 is 9.67 Å². The lowest BCUT2D eigenvalue weighted by atomic mass is 10.1. The average Bonchev–Trinajstić information content (AvgIpc) is 2.75. The average molecular weight is 287 g/mol. The van der Waals surface area contributed by atoms with Crippen molar-refractivity contribution in [3.63, 3.8) is 0 Å². The molecule has 0 amide bonds. The maximum Gasteiger partial charge on any atom is 0.144 e. The van der Waals surface area contributed by atoms with E-state index in [2.05, 4.69) is 16.5 Å². The van der Waals surface area contributed by atoms with Gasteiger partial charge in [-0.25, -0.2) is 4.98 Å². The molecule has 0 saturated carbocycles. The van der Waals surface area contributed by atoms with E-state index in [1.165, 1.54) is 0 Å². The van der Waals surface area contributed by atoms with Gasteiger partial charge in [-0.2, -0.15) is 0 Å². The van der Waals surface area contributed by atoms with Crippen molar-refractivity contribution in [2.75, 3.05) is 0 Å². The molecule has 1 heterocycles. The summed E-state index contributed by atoms with van der Waals surface area (Å²) in [5.74, 6) is 1.02. The molecule has 0 aliphatic heterocycles. The summed E-state index contributed by atoms with van der Waals surface area (Å²) in [7, 11) is 0. The van der Waals surface area contributed by atoms with E-state index in [1.807, 2.05) is 37.3 Å². The fraction of sp³-hybridized carbons (Fsp3) is 0.188. The molecule has 102 valence electrons. The van der Waals surface area contributed by atoms with E-state index in [1.54, 1.807) is 6.07 Å². The molecule has 2 aromatic carbocycles. The summed E-state index contributed by atoms with van der Waals surface area (Å²) < 4.78 is 2.08. The highest BCUT2D eigenvalue weighted by atomic mass is 35.5. The molecule has 0 bridgehead atoms. The van der Waals surface area contributed by atoms with Gasteiger partial charge in [-0.15, -0.1) is 0 Å². The molecule has 0 unspecified atom stereocenters. The van der Waals surface area contributed by atoms with Crippen LogP contribution in [-0.2, 0) is 6.54 Å². The summed E-state index contributed by atoms with van der Waals surface area (Å²) in [5, 5.41) is 10.8.